The normalized spacial score (nSPS) is 18.7. The predicted octanol–water partition coefficient (Wildman–Crippen LogP) is 10.7. The van der Waals surface area contributed by atoms with Crippen LogP contribution in [-0.4, -0.2) is 0 Å². The lowest BCUT2D eigenvalue weighted by atomic mass is 9.95. The summed E-state index contributed by atoms with van der Waals surface area (Å²) >= 11 is 0. The molecule has 0 fully saturated rings. The van der Waals surface area contributed by atoms with E-state index < -0.39 is 0 Å². The van der Waals surface area contributed by atoms with Crippen molar-refractivity contribution in [1.82, 2.24) is 5.32 Å². The zero-order chi connectivity index (χ0) is 28.2. The second-order valence-electron chi connectivity index (χ2n) is 9.94. The van der Waals surface area contributed by atoms with Gasteiger partial charge in [0.1, 0.15) is 11.3 Å². The Kier molecular flexibility index (Phi) is 10.6. The van der Waals surface area contributed by atoms with Crippen molar-refractivity contribution < 1.29 is 4.42 Å². The summed E-state index contributed by atoms with van der Waals surface area (Å²) in [4.78, 5) is 0. The first-order valence-corrected chi connectivity index (χ1v) is 14.3. The summed E-state index contributed by atoms with van der Waals surface area (Å²) in [6, 6.07) is 8.24. The first kappa shape index (κ1) is 28.7. The van der Waals surface area contributed by atoms with E-state index in [4.69, 9.17) is 4.42 Å². The number of aryl methyl sites for hydroxylation is 1. The number of para-hydroxylation sites is 1. The van der Waals surface area contributed by atoms with Crippen molar-refractivity contribution >= 4 is 16.5 Å². The summed E-state index contributed by atoms with van der Waals surface area (Å²) in [5.41, 5.74) is 9.58. The van der Waals surface area contributed by atoms with Crippen molar-refractivity contribution in [3.63, 3.8) is 0 Å². The molecule has 2 heteroatoms. The third-order valence-corrected chi connectivity index (χ3v) is 7.23. The lowest BCUT2D eigenvalue weighted by Gasteiger charge is -2.12. The molecule has 0 saturated heterocycles. The summed E-state index contributed by atoms with van der Waals surface area (Å²) in [5.74, 6) is 0.975. The zero-order valence-electron chi connectivity index (χ0n) is 24.3. The molecule has 0 amide bonds. The molecule has 204 valence electrons. The van der Waals surface area contributed by atoms with Gasteiger partial charge in [0.15, 0.2) is 0 Å². The molecule has 0 spiro atoms. The summed E-state index contributed by atoms with van der Waals surface area (Å²) in [6.45, 7) is 8.35. The molecule has 2 nitrogen and oxygen atoms in total. The van der Waals surface area contributed by atoms with Crippen molar-refractivity contribution in [2.24, 2.45) is 0 Å². The number of hydrogen-bond acceptors (Lipinski definition) is 2. The van der Waals surface area contributed by atoms with Crippen LogP contribution in [0.5, 0.6) is 0 Å². The number of furan rings is 1. The Balaban J connectivity index is 1.40. The molecule has 40 heavy (non-hydrogen) atoms. The van der Waals surface area contributed by atoms with Gasteiger partial charge in [0.2, 0.25) is 0 Å². The maximum Gasteiger partial charge on any atom is 0.135 e. The molecule has 4 rings (SSSR count). The van der Waals surface area contributed by atoms with E-state index in [9.17, 15) is 0 Å². The van der Waals surface area contributed by atoms with Gasteiger partial charge in [-0.3, -0.25) is 0 Å². The Morgan fingerprint density at radius 2 is 1.52 bits per heavy atom. The van der Waals surface area contributed by atoms with Crippen LogP contribution < -0.4 is 5.32 Å². The molecule has 0 radical (unpaired) electrons. The number of rotatable bonds is 10. The third kappa shape index (κ3) is 7.64. The van der Waals surface area contributed by atoms with Crippen LogP contribution in [0.1, 0.15) is 57.8 Å². The van der Waals surface area contributed by atoms with Gasteiger partial charge in [-0.2, -0.15) is 0 Å². The summed E-state index contributed by atoms with van der Waals surface area (Å²) in [7, 11) is 0. The lowest BCUT2D eigenvalue weighted by molar-refractivity contribution is 0.594. The van der Waals surface area contributed by atoms with E-state index in [0.717, 1.165) is 48.4 Å². The van der Waals surface area contributed by atoms with E-state index in [1.54, 1.807) is 0 Å². The van der Waals surface area contributed by atoms with Crippen LogP contribution in [0.25, 0.3) is 16.5 Å². The van der Waals surface area contributed by atoms with E-state index in [0.29, 0.717) is 0 Å². The number of nitrogens with one attached hydrogen (secondary N) is 1. The van der Waals surface area contributed by atoms with Crippen LogP contribution in [0.3, 0.4) is 0 Å². The average Bonchev–Trinajstić information content (AvgIpc) is 3.34. The molecule has 0 saturated carbocycles. The minimum atomic E-state index is 0.800. The monoisotopic (exact) mass is 527 g/mol. The van der Waals surface area contributed by atoms with Gasteiger partial charge in [0.05, 0.1) is 0 Å². The van der Waals surface area contributed by atoms with Crippen LogP contribution >= 0.6 is 0 Å². The van der Waals surface area contributed by atoms with Crippen LogP contribution in [-0.2, 0) is 0 Å². The van der Waals surface area contributed by atoms with Crippen molar-refractivity contribution in [2.45, 2.75) is 53.4 Å². The van der Waals surface area contributed by atoms with Gasteiger partial charge in [-0.05, 0) is 93.9 Å². The van der Waals surface area contributed by atoms with Gasteiger partial charge in [-0.1, -0.05) is 103 Å². The van der Waals surface area contributed by atoms with E-state index in [-0.39, 0.29) is 0 Å². The SMILES string of the molecule is C/C=C(/C/C=C\C(=C/C)NC(/C=C\CC(/C=C1/C=CC=CC1)=C1\C=CC=CC1)=C/C)c1oc2ccccc2c1C. The zero-order valence-corrected chi connectivity index (χ0v) is 24.3. The van der Waals surface area contributed by atoms with Gasteiger partial charge in [0, 0.05) is 22.3 Å². The molecule has 1 aromatic heterocycles. The Hall–Kier alpha value is -4.30. The fourth-order valence-electron chi connectivity index (χ4n) is 4.93. The minimum Gasteiger partial charge on any atom is -0.456 e. The summed E-state index contributed by atoms with van der Waals surface area (Å²) in [5, 5.41) is 4.76. The molecule has 1 aromatic carbocycles. The Morgan fingerprint density at radius 1 is 0.825 bits per heavy atom. The Labute approximate surface area is 240 Å². The second kappa shape index (κ2) is 14.7. The highest BCUT2D eigenvalue weighted by Crippen LogP contribution is 2.31. The average molecular weight is 528 g/mol. The highest BCUT2D eigenvalue weighted by molar-refractivity contribution is 5.86. The second-order valence-corrected chi connectivity index (χ2v) is 9.94. The largest absolute Gasteiger partial charge is 0.456 e. The molecule has 1 N–H and O–H groups in total. The highest BCUT2D eigenvalue weighted by Gasteiger charge is 2.12. The topological polar surface area (TPSA) is 25.2 Å². The van der Waals surface area contributed by atoms with Gasteiger partial charge >= 0.3 is 0 Å². The molecule has 0 atom stereocenters. The molecule has 0 bridgehead atoms. The fourth-order valence-corrected chi connectivity index (χ4v) is 4.93. The fraction of sp³-hybridized carbons (Fsp3) is 0.211. The number of benzene rings is 1. The summed E-state index contributed by atoms with van der Waals surface area (Å²) < 4.78 is 6.20. The van der Waals surface area contributed by atoms with E-state index >= 15 is 0 Å². The summed E-state index contributed by atoms with van der Waals surface area (Å²) in [6.07, 6.45) is 38.6. The molecule has 2 aromatic rings. The first-order chi connectivity index (χ1) is 19.6. The van der Waals surface area contributed by atoms with Crippen LogP contribution in [0, 0.1) is 6.92 Å². The van der Waals surface area contributed by atoms with Gasteiger partial charge in [-0.25, -0.2) is 0 Å². The van der Waals surface area contributed by atoms with Crippen LogP contribution in [0.15, 0.2) is 154 Å². The van der Waals surface area contributed by atoms with Gasteiger partial charge < -0.3 is 9.73 Å². The molecular formula is C38H41NO. The van der Waals surface area contributed by atoms with E-state index in [1.165, 1.54) is 33.2 Å². The minimum absolute atomic E-state index is 0.800. The van der Waals surface area contributed by atoms with Crippen LogP contribution in [0.2, 0.25) is 0 Å². The predicted molar refractivity (Wildman–Crippen MR) is 174 cm³/mol. The van der Waals surface area contributed by atoms with Crippen LogP contribution in [0.4, 0.5) is 0 Å². The van der Waals surface area contributed by atoms with E-state index in [1.807, 2.05) is 12.1 Å². The molecular weight excluding hydrogens is 486 g/mol. The van der Waals surface area contributed by atoms with Crippen molar-refractivity contribution in [1.29, 1.82) is 0 Å². The Morgan fingerprint density at radius 3 is 2.15 bits per heavy atom. The molecule has 0 unspecified atom stereocenters. The van der Waals surface area contributed by atoms with Crippen molar-refractivity contribution in [3.8, 4) is 0 Å². The Bertz CT molecular complexity index is 1530. The maximum atomic E-state index is 6.20. The highest BCUT2D eigenvalue weighted by atomic mass is 16.3. The molecule has 0 aliphatic heterocycles. The van der Waals surface area contributed by atoms with Gasteiger partial charge in [0.25, 0.3) is 0 Å². The lowest BCUT2D eigenvalue weighted by Crippen LogP contribution is -2.09. The first-order valence-electron chi connectivity index (χ1n) is 14.3. The molecule has 2 aliphatic carbocycles. The van der Waals surface area contributed by atoms with Gasteiger partial charge in [-0.15, -0.1) is 0 Å². The van der Waals surface area contributed by atoms with E-state index in [2.05, 4.69) is 142 Å². The maximum absolute atomic E-state index is 6.20. The molecule has 1 heterocycles. The number of hydrogen-bond donors (Lipinski definition) is 1. The van der Waals surface area contributed by atoms with Crippen molar-refractivity contribution in [2.75, 3.05) is 0 Å². The number of fused-ring (bicyclic) bond motifs is 1. The third-order valence-electron chi connectivity index (χ3n) is 7.23. The smallest absolute Gasteiger partial charge is 0.135 e. The quantitative estimate of drug-likeness (QED) is 0.311. The standard InChI is InChI=1S/C38H41NO/c1-5-31(38-29(4)36-26-14-15-27-37(36)40-38)22-16-24-34(6-2)39-35(7-3)25-17-23-33(32-20-12-9-13-21-32)28-30-18-10-8-11-19-30/h5-18,20,24-28,39H,19,21-23H2,1-4H3/b24-16-,25-17-,30-28-,31-5-,33-32-,34-6+,35-7+. The van der Waals surface area contributed by atoms with Crippen molar-refractivity contribution in [3.05, 3.63) is 161 Å². The number of allylic oxidation sites excluding steroid dienone is 20. The molecule has 2 aliphatic rings.